The van der Waals surface area contributed by atoms with Gasteiger partial charge in [-0.25, -0.2) is 0 Å². The van der Waals surface area contributed by atoms with Gasteiger partial charge in [0.25, 0.3) is 0 Å². The van der Waals surface area contributed by atoms with E-state index >= 15 is 0 Å². The van der Waals surface area contributed by atoms with Crippen LogP contribution in [0.5, 0.6) is 0 Å². The minimum atomic E-state index is 0. The van der Waals surface area contributed by atoms with E-state index in [0.29, 0.717) is 0 Å². The predicted molar refractivity (Wildman–Crippen MR) is 34.6 cm³/mol. The van der Waals surface area contributed by atoms with Crippen molar-refractivity contribution in [3.8, 4) is 0 Å². The Balaban J connectivity index is 0.000000640. The number of pyridine rings is 1. The van der Waals surface area contributed by atoms with E-state index in [2.05, 4.69) is 4.98 Å². The predicted octanol–water partition coefficient (Wildman–Crippen LogP) is -1.70. The molecule has 0 radical (unpaired) electrons. The number of nitrogens with zero attached hydrogens (tertiary/aromatic N) is 1. The summed E-state index contributed by atoms with van der Waals surface area (Å²) in [4.78, 5) is 4.81. The molecule has 1 heterocycles. The molecule has 42 valence electrons. The van der Waals surface area contributed by atoms with E-state index in [1.165, 1.54) is 0 Å². The van der Waals surface area contributed by atoms with Gasteiger partial charge in [0.05, 0.1) is 0 Å². The topological polar surface area (TPSA) is 12.9 Å². The molecule has 1 aromatic rings. The van der Waals surface area contributed by atoms with Gasteiger partial charge in [0.1, 0.15) is 0 Å². The molecule has 0 N–H and O–H groups in total. The van der Waals surface area contributed by atoms with Gasteiger partial charge in [0.2, 0.25) is 0 Å². The summed E-state index contributed by atoms with van der Waals surface area (Å²) in [6.07, 6.45) is 1.74. The van der Waals surface area contributed by atoms with Crippen molar-refractivity contribution in [2.45, 2.75) is 11.8 Å². The average Bonchev–Trinajstić information content (AvgIpc) is 1.77. The van der Waals surface area contributed by atoms with Gasteiger partial charge in [0, 0.05) is 11.9 Å². The molecule has 9 heavy (non-hydrogen) atoms. The Morgan fingerprint density at radius 3 is 2.56 bits per heavy atom. The second-order valence-electron chi connectivity index (χ2n) is 1.59. The third-order valence-corrected chi connectivity index (χ3v) is 1.39. The van der Waals surface area contributed by atoms with Gasteiger partial charge in [-0.1, -0.05) is 6.07 Å². The summed E-state index contributed by atoms with van der Waals surface area (Å²) < 4.78 is 0. The second kappa shape index (κ2) is 4.23. The van der Waals surface area contributed by atoms with Crippen LogP contribution in [0.3, 0.4) is 0 Å². The molecule has 0 aromatic carbocycles. The Labute approximate surface area is 82.6 Å². The van der Waals surface area contributed by atoms with Crippen LogP contribution in [0.15, 0.2) is 23.2 Å². The van der Waals surface area contributed by atoms with Crippen LogP contribution in [0.25, 0.3) is 0 Å². The first-order valence-electron chi connectivity index (χ1n) is 2.39. The Morgan fingerprint density at radius 2 is 2.22 bits per heavy atom. The van der Waals surface area contributed by atoms with Gasteiger partial charge in [-0.3, -0.25) is 4.98 Å². The molecule has 1 aromatic heterocycles. The summed E-state index contributed by atoms with van der Waals surface area (Å²) in [6.45, 7) is 1.91. The maximum atomic E-state index is 4.89. The summed E-state index contributed by atoms with van der Waals surface area (Å²) in [5.74, 6) is 0. The van der Waals surface area contributed by atoms with Crippen molar-refractivity contribution >= 4 is 12.6 Å². The number of aromatic nitrogens is 1. The molecule has 0 fully saturated rings. The standard InChI is InChI=1S/C6H7NS.Na/c1-5-6(8)3-2-4-7-5;/h2-4,8H,1H3;/q;+1/p-1. The zero-order chi connectivity index (χ0) is 5.98. The number of hydrogen-bond acceptors (Lipinski definition) is 2. The molecule has 0 bridgehead atoms. The minimum Gasteiger partial charge on any atom is -0.778 e. The van der Waals surface area contributed by atoms with Crippen LogP contribution in [0, 0.1) is 6.92 Å². The minimum absolute atomic E-state index is 0. The van der Waals surface area contributed by atoms with Crippen molar-refractivity contribution in [3.05, 3.63) is 24.0 Å². The molecule has 3 heteroatoms. The normalized spacial score (nSPS) is 8.11. The van der Waals surface area contributed by atoms with Gasteiger partial charge < -0.3 is 12.6 Å². The molecule has 0 aliphatic carbocycles. The molecule has 0 saturated heterocycles. The summed E-state index contributed by atoms with van der Waals surface area (Å²) in [7, 11) is 0. The summed E-state index contributed by atoms with van der Waals surface area (Å²) >= 11 is 4.89. The zero-order valence-corrected chi connectivity index (χ0v) is 8.40. The zero-order valence-electron chi connectivity index (χ0n) is 5.59. The third kappa shape index (κ3) is 2.63. The summed E-state index contributed by atoms with van der Waals surface area (Å²) in [5, 5.41) is 0. The summed E-state index contributed by atoms with van der Waals surface area (Å²) in [6, 6.07) is 3.72. The largest absolute Gasteiger partial charge is 1.00 e. The fourth-order valence-electron chi connectivity index (χ4n) is 0.469. The molecule has 0 aliphatic heterocycles. The van der Waals surface area contributed by atoms with Crippen molar-refractivity contribution < 1.29 is 29.6 Å². The molecular formula is C6H6NNaS. The van der Waals surface area contributed by atoms with E-state index in [-0.39, 0.29) is 29.6 Å². The van der Waals surface area contributed by atoms with Crippen LogP contribution in [0.2, 0.25) is 0 Å². The Kier molecular flexibility index (Phi) is 4.40. The average molecular weight is 147 g/mol. The van der Waals surface area contributed by atoms with E-state index < -0.39 is 0 Å². The number of aryl methyl sites for hydroxylation is 1. The van der Waals surface area contributed by atoms with Crippen molar-refractivity contribution in [2.24, 2.45) is 0 Å². The Hall–Kier alpha value is 0.370. The smallest absolute Gasteiger partial charge is 0.778 e. The molecule has 0 aliphatic rings. The quantitative estimate of drug-likeness (QED) is 0.320. The van der Waals surface area contributed by atoms with E-state index in [9.17, 15) is 0 Å². The van der Waals surface area contributed by atoms with Crippen LogP contribution < -0.4 is 29.6 Å². The van der Waals surface area contributed by atoms with Crippen LogP contribution in [0.1, 0.15) is 5.69 Å². The molecule has 1 rings (SSSR count). The van der Waals surface area contributed by atoms with E-state index in [1.54, 1.807) is 6.20 Å². The van der Waals surface area contributed by atoms with Gasteiger partial charge in [0.15, 0.2) is 0 Å². The molecule has 1 nitrogen and oxygen atoms in total. The van der Waals surface area contributed by atoms with Gasteiger partial charge >= 0.3 is 29.6 Å². The molecular weight excluding hydrogens is 141 g/mol. The van der Waals surface area contributed by atoms with Crippen molar-refractivity contribution in [1.82, 2.24) is 4.98 Å². The van der Waals surface area contributed by atoms with Crippen molar-refractivity contribution in [2.75, 3.05) is 0 Å². The number of hydrogen-bond donors (Lipinski definition) is 0. The SMILES string of the molecule is Cc1ncccc1[S-].[Na+]. The van der Waals surface area contributed by atoms with E-state index in [4.69, 9.17) is 12.6 Å². The van der Waals surface area contributed by atoms with E-state index in [0.717, 1.165) is 10.6 Å². The second-order valence-corrected chi connectivity index (χ2v) is 2.03. The first kappa shape index (κ1) is 9.37. The van der Waals surface area contributed by atoms with Crippen molar-refractivity contribution in [3.63, 3.8) is 0 Å². The van der Waals surface area contributed by atoms with Crippen LogP contribution in [0.4, 0.5) is 0 Å². The fourth-order valence-corrected chi connectivity index (χ4v) is 0.601. The first-order chi connectivity index (χ1) is 3.80. The maximum absolute atomic E-state index is 4.89. The van der Waals surface area contributed by atoms with Gasteiger partial charge in [-0.15, -0.1) is 0 Å². The van der Waals surface area contributed by atoms with Gasteiger partial charge in [-0.2, -0.15) is 4.90 Å². The molecule has 0 unspecified atom stereocenters. The Morgan fingerprint density at radius 1 is 1.56 bits per heavy atom. The van der Waals surface area contributed by atoms with Gasteiger partial charge in [-0.05, 0) is 13.0 Å². The fraction of sp³-hybridized carbons (Fsp3) is 0.167. The third-order valence-electron chi connectivity index (χ3n) is 0.958. The number of rotatable bonds is 0. The first-order valence-corrected chi connectivity index (χ1v) is 2.80. The molecule has 0 saturated carbocycles. The van der Waals surface area contributed by atoms with Crippen LogP contribution in [-0.4, -0.2) is 4.98 Å². The maximum Gasteiger partial charge on any atom is 1.00 e. The molecule has 0 atom stereocenters. The van der Waals surface area contributed by atoms with E-state index in [1.807, 2.05) is 19.1 Å². The molecule has 0 spiro atoms. The summed E-state index contributed by atoms with van der Waals surface area (Å²) in [5.41, 5.74) is 0.933. The monoisotopic (exact) mass is 147 g/mol. The van der Waals surface area contributed by atoms with Crippen LogP contribution in [-0.2, 0) is 12.6 Å². The van der Waals surface area contributed by atoms with Crippen LogP contribution >= 0.6 is 0 Å². The Bertz CT molecular complexity index is 169. The molecule has 0 amide bonds. The van der Waals surface area contributed by atoms with Crippen molar-refractivity contribution in [1.29, 1.82) is 0 Å².